The van der Waals surface area contributed by atoms with Gasteiger partial charge >= 0.3 is 0 Å². The van der Waals surface area contributed by atoms with E-state index in [1.807, 2.05) is 25.1 Å². The molecule has 8 heteroatoms. The van der Waals surface area contributed by atoms with Crippen LogP contribution >= 0.6 is 0 Å². The Morgan fingerprint density at radius 3 is 3.08 bits per heavy atom. The van der Waals surface area contributed by atoms with E-state index in [-0.39, 0.29) is 13.4 Å². The highest BCUT2D eigenvalue weighted by Crippen LogP contribution is 2.26. The number of aromatic nitrogens is 4. The van der Waals surface area contributed by atoms with E-state index in [9.17, 15) is 4.79 Å². The zero-order chi connectivity index (χ0) is 18.3. The summed E-state index contributed by atoms with van der Waals surface area (Å²) in [5.41, 5.74) is 9.56. The summed E-state index contributed by atoms with van der Waals surface area (Å²) in [4.78, 5) is 30.2. The zero-order valence-electron chi connectivity index (χ0n) is 14.8. The fraction of sp³-hybridized carbons (Fsp3) is 0.333. The number of amides is 1. The van der Waals surface area contributed by atoms with E-state index in [0.717, 1.165) is 35.4 Å². The number of carbonyl (C=O) groups is 1. The fourth-order valence-electron chi connectivity index (χ4n) is 3.32. The molecule has 0 unspecified atom stereocenters. The molecule has 0 radical (unpaired) electrons. The predicted octanol–water partition coefficient (Wildman–Crippen LogP) is 1.87. The summed E-state index contributed by atoms with van der Waals surface area (Å²) in [6, 6.07) is 6.16. The molecular formula is C18H23N7O. The van der Waals surface area contributed by atoms with Crippen molar-refractivity contribution in [2.75, 3.05) is 23.7 Å². The highest BCUT2D eigenvalue weighted by atomic mass is 16.1. The summed E-state index contributed by atoms with van der Waals surface area (Å²) >= 11 is 0. The molecule has 1 fully saturated rings. The summed E-state index contributed by atoms with van der Waals surface area (Å²) in [6.45, 7) is 5.08. The number of nitrogens with one attached hydrogen (secondary N) is 2. The highest BCUT2D eigenvalue weighted by Gasteiger charge is 2.25. The molecule has 1 saturated heterocycles. The SMILES string of the molecule is CC(=O)N[C@H]1CCN(c2cnc(N)c(-c3nc4ccc(C)cc4[nH]3)n2)C1.[HH]. The van der Waals surface area contributed by atoms with Crippen LogP contribution in [0.3, 0.4) is 0 Å². The van der Waals surface area contributed by atoms with Crippen LogP contribution in [0.25, 0.3) is 22.6 Å². The first-order valence-corrected chi connectivity index (χ1v) is 8.61. The second-order valence-electron chi connectivity index (χ2n) is 6.70. The van der Waals surface area contributed by atoms with Gasteiger partial charge in [-0.1, -0.05) is 6.07 Å². The molecule has 0 bridgehead atoms. The molecule has 136 valence electrons. The lowest BCUT2D eigenvalue weighted by atomic mass is 10.2. The third kappa shape index (κ3) is 3.05. The molecule has 0 aliphatic carbocycles. The molecule has 8 nitrogen and oxygen atoms in total. The van der Waals surface area contributed by atoms with Crippen LogP contribution in [0.15, 0.2) is 24.4 Å². The van der Waals surface area contributed by atoms with Crippen LogP contribution in [0.4, 0.5) is 11.6 Å². The topological polar surface area (TPSA) is 113 Å². The van der Waals surface area contributed by atoms with Crippen LogP contribution in [-0.4, -0.2) is 45.0 Å². The average molecular weight is 353 g/mol. The fourth-order valence-corrected chi connectivity index (χ4v) is 3.32. The van der Waals surface area contributed by atoms with Gasteiger partial charge in [-0.05, 0) is 31.0 Å². The summed E-state index contributed by atoms with van der Waals surface area (Å²) < 4.78 is 0. The molecule has 26 heavy (non-hydrogen) atoms. The number of fused-ring (bicyclic) bond motifs is 1. The number of anilines is 2. The number of imidazole rings is 1. The van der Waals surface area contributed by atoms with Crippen molar-refractivity contribution < 1.29 is 6.22 Å². The number of aryl methyl sites for hydroxylation is 1. The monoisotopic (exact) mass is 353 g/mol. The highest BCUT2D eigenvalue weighted by molar-refractivity contribution is 5.81. The van der Waals surface area contributed by atoms with E-state index in [4.69, 9.17) is 5.73 Å². The molecule has 3 aromatic rings. The lowest BCUT2D eigenvalue weighted by Gasteiger charge is -2.18. The number of nitrogens with zero attached hydrogens (tertiary/aromatic N) is 4. The van der Waals surface area contributed by atoms with E-state index in [1.165, 1.54) is 6.92 Å². The van der Waals surface area contributed by atoms with Crippen LogP contribution in [0.5, 0.6) is 0 Å². The summed E-state index contributed by atoms with van der Waals surface area (Å²) in [6.07, 6.45) is 2.55. The first-order chi connectivity index (χ1) is 12.5. The number of hydrogen-bond acceptors (Lipinski definition) is 6. The molecule has 3 heterocycles. The Kier molecular flexibility index (Phi) is 3.95. The first-order valence-electron chi connectivity index (χ1n) is 8.61. The summed E-state index contributed by atoms with van der Waals surface area (Å²) in [5, 5.41) is 2.95. The zero-order valence-corrected chi connectivity index (χ0v) is 14.8. The van der Waals surface area contributed by atoms with Crippen LogP contribution in [0.2, 0.25) is 0 Å². The lowest BCUT2D eigenvalue weighted by molar-refractivity contribution is -0.119. The van der Waals surface area contributed by atoms with Crippen molar-refractivity contribution in [2.45, 2.75) is 26.3 Å². The van der Waals surface area contributed by atoms with Crippen molar-refractivity contribution in [3.8, 4) is 11.5 Å². The molecule has 2 aromatic heterocycles. The van der Waals surface area contributed by atoms with Gasteiger partial charge < -0.3 is 20.9 Å². The maximum absolute atomic E-state index is 11.2. The number of H-pyrrole nitrogens is 1. The standard InChI is InChI=1S/C18H21N7O.H2/c1-10-3-4-13-14(7-10)23-18(22-13)16-17(19)20-8-15(24-16)25-6-5-12(9-25)21-11(2)26;/h3-4,7-8,12H,5-6,9H2,1-2H3,(H2,19,20)(H,21,26)(H,22,23);1H/t12-;/m0./s1. The smallest absolute Gasteiger partial charge is 0.217 e. The van der Waals surface area contributed by atoms with Gasteiger partial charge in [0, 0.05) is 27.5 Å². The Morgan fingerprint density at radius 1 is 1.42 bits per heavy atom. The van der Waals surface area contributed by atoms with E-state index < -0.39 is 0 Å². The van der Waals surface area contributed by atoms with Crippen molar-refractivity contribution in [1.29, 1.82) is 0 Å². The maximum atomic E-state index is 11.2. The Bertz CT molecular complexity index is 987. The van der Waals surface area contributed by atoms with E-state index >= 15 is 0 Å². The van der Waals surface area contributed by atoms with E-state index in [1.54, 1.807) is 6.20 Å². The van der Waals surface area contributed by atoms with Gasteiger partial charge in [0.2, 0.25) is 5.91 Å². The number of nitrogens with two attached hydrogens (primary N) is 1. The number of aromatic amines is 1. The summed E-state index contributed by atoms with van der Waals surface area (Å²) in [5.74, 6) is 1.66. The van der Waals surface area contributed by atoms with E-state index in [0.29, 0.717) is 23.9 Å². The minimum absolute atomic E-state index is 0. The van der Waals surface area contributed by atoms with Crippen LogP contribution in [0.1, 0.15) is 20.3 Å². The van der Waals surface area contributed by atoms with Crippen LogP contribution in [-0.2, 0) is 4.79 Å². The van der Waals surface area contributed by atoms with Gasteiger partial charge in [-0.3, -0.25) is 4.79 Å². The molecule has 1 amide bonds. The van der Waals surface area contributed by atoms with Crippen LogP contribution in [0, 0.1) is 6.92 Å². The summed E-state index contributed by atoms with van der Waals surface area (Å²) in [7, 11) is 0. The minimum atomic E-state index is -0.0153. The number of rotatable bonds is 3. The van der Waals surface area contributed by atoms with Crippen molar-refractivity contribution >= 4 is 28.6 Å². The number of hydrogen-bond donors (Lipinski definition) is 3. The number of benzene rings is 1. The Labute approximate surface area is 152 Å². The van der Waals surface area contributed by atoms with Gasteiger partial charge in [0.15, 0.2) is 17.3 Å². The van der Waals surface area contributed by atoms with Gasteiger partial charge in [-0.15, -0.1) is 0 Å². The first kappa shape index (κ1) is 16.3. The van der Waals surface area contributed by atoms with Crippen LogP contribution < -0.4 is 16.0 Å². The van der Waals surface area contributed by atoms with Gasteiger partial charge in [0.1, 0.15) is 5.82 Å². The van der Waals surface area contributed by atoms with Gasteiger partial charge in [0.05, 0.1) is 17.2 Å². The Morgan fingerprint density at radius 2 is 2.27 bits per heavy atom. The van der Waals surface area contributed by atoms with Crippen molar-refractivity contribution in [3.63, 3.8) is 0 Å². The Balaban J connectivity index is 0.00000210. The predicted molar refractivity (Wildman–Crippen MR) is 103 cm³/mol. The van der Waals surface area contributed by atoms with Gasteiger partial charge in [-0.25, -0.2) is 15.0 Å². The molecule has 4 rings (SSSR count). The minimum Gasteiger partial charge on any atom is -0.382 e. The number of carbonyl (C=O) groups excluding carboxylic acids is 1. The van der Waals surface area contributed by atoms with Gasteiger partial charge in [0.25, 0.3) is 0 Å². The molecule has 4 N–H and O–H groups in total. The normalized spacial score (nSPS) is 17.0. The average Bonchev–Trinajstić information content (AvgIpc) is 3.21. The second-order valence-corrected chi connectivity index (χ2v) is 6.70. The number of nitrogen functional groups attached to an aromatic ring is 1. The van der Waals surface area contributed by atoms with Crippen molar-refractivity contribution in [1.82, 2.24) is 25.3 Å². The van der Waals surface area contributed by atoms with E-state index in [2.05, 4.69) is 30.2 Å². The molecular weight excluding hydrogens is 330 g/mol. The largest absolute Gasteiger partial charge is 0.382 e. The molecule has 0 spiro atoms. The van der Waals surface area contributed by atoms with Crippen molar-refractivity contribution in [3.05, 3.63) is 30.0 Å². The second kappa shape index (κ2) is 6.29. The molecule has 1 aliphatic heterocycles. The molecule has 1 aliphatic rings. The van der Waals surface area contributed by atoms with Gasteiger partial charge in [-0.2, -0.15) is 0 Å². The maximum Gasteiger partial charge on any atom is 0.217 e. The quantitative estimate of drug-likeness (QED) is 0.662. The molecule has 1 atom stereocenters. The molecule has 1 aromatic carbocycles. The van der Waals surface area contributed by atoms with Crippen molar-refractivity contribution in [2.24, 2.45) is 0 Å². The third-order valence-electron chi connectivity index (χ3n) is 4.57. The lowest BCUT2D eigenvalue weighted by Crippen LogP contribution is -2.35. The Hall–Kier alpha value is -3.16. The third-order valence-corrected chi connectivity index (χ3v) is 4.57. The molecule has 0 saturated carbocycles.